The van der Waals surface area contributed by atoms with Gasteiger partial charge in [-0.2, -0.15) is 0 Å². The first-order valence-electron chi connectivity index (χ1n) is 9.63. The molecule has 10 heteroatoms. The second-order valence-electron chi connectivity index (χ2n) is 6.88. The Hall–Kier alpha value is -3.79. The monoisotopic (exact) mass is 457 g/mol. The average Bonchev–Trinajstić information content (AvgIpc) is 3.30. The average molecular weight is 458 g/mol. The maximum Gasteiger partial charge on any atom is 0.265 e. The number of methoxy groups -OCH3 is 1. The molecule has 0 fully saturated rings. The summed E-state index contributed by atoms with van der Waals surface area (Å²) in [5, 5.41) is 5.07. The van der Waals surface area contributed by atoms with Gasteiger partial charge in [0.25, 0.3) is 15.9 Å². The number of benzene rings is 2. The van der Waals surface area contributed by atoms with Gasteiger partial charge in [-0.3, -0.25) is 14.3 Å². The number of furan rings is 1. The number of hydrogen-bond donors (Lipinski definition) is 3. The van der Waals surface area contributed by atoms with Crippen molar-refractivity contribution >= 4 is 27.5 Å². The number of hydrogen-bond acceptors (Lipinski definition) is 6. The van der Waals surface area contributed by atoms with Crippen LogP contribution >= 0.6 is 0 Å². The predicted molar refractivity (Wildman–Crippen MR) is 118 cm³/mol. The fraction of sp³-hybridized carbons (Fsp3) is 0.182. The SMILES string of the molecule is COc1ccc(C(=O)NCC(=O)NCc2ccco2)cc1S(=O)(=O)Nc1ccc(C)cc1. The van der Waals surface area contributed by atoms with Gasteiger partial charge in [-0.25, -0.2) is 8.42 Å². The van der Waals surface area contributed by atoms with Gasteiger partial charge in [-0.05, 0) is 49.4 Å². The summed E-state index contributed by atoms with van der Waals surface area (Å²) in [6.45, 7) is 1.80. The Kier molecular flexibility index (Phi) is 7.16. The van der Waals surface area contributed by atoms with Gasteiger partial charge in [0.2, 0.25) is 5.91 Å². The molecule has 0 aliphatic heterocycles. The van der Waals surface area contributed by atoms with Crippen molar-refractivity contribution in [2.45, 2.75) is 18.4 Å². The van der Waals surface area contributed by atoms with E-state index in [9.17, 15) is 18.0 Å². The van der Waals surface area contributed by atoms with Crippen molar-refractivity contribution < 1.29 is 27.2 Å². The molecule has 0 radical (unpaired) electrons. The number of nitrogens with one attached hydrogen (secondary N) is 3. The lowest BCUT2D eigenvalue weighted by atomic mass is 10.2. The highest BCUT2D eigenvalue weighted by atomic mass is 32.2. The molecule has 3 aromatic rings. The Morgan fingerprint density at radius 2 is 1.78 bits per heavy atom. The minimum atomic E-state index is -4.03. The minimum Gasteiger partial charge on any atom is -0.495 e. The number of carbonyl (C=O) groups is 2. The molecule has 2 aromatic carbocycles. The molecule has 2 amide bonds. The third-order valence-corrected chi connectivity index (χ3v) is 5.87. The van der Waals surface area contributed by atoms with Crippen LogP contribution in [0.2, 0.25) is 0 Å². The van der Waals surface area contributed by atoms with Crippen molar-refractivity contribution in [2.75, 3.05) is 18.4 Å². The number of carbonyl (C=O) groups excluding carboxylic acids is 2. The van der Waals surface area contributed by atoms with Crippen LogP contribution in [0.15, 0.2) is 70.2 Å². The van der Waals surface area contributed by atoms with Crippen LogP contribution in [0.25, 0.3) is 0 Å². The van der Waals surface area contributed by atoms with Gasteiger partial charge >= 0.3 is 0 Å². The summed E-state index contributed by atoms with van der Waals surface area (Å²) >= 11 is 0. The largest absolute Gasteiger partial charge is 0.495 e. The first-order chi connectivity index (χ1) is 15.3. The highest BCUT2D eigenvalue weighted by molar-refractivity contribution is 7.92. The lowest BCUT2D eigenvalue weighted by molar-refractivity contribution is -0.120. The molecule has 32 heavy (non-hydrogen) atoms. The van der Waals surface area contributed by atoms with Crippen LogP contribution in [0, 0.1) is 6.92 Å². The number of aryl methyl sites for hydroxylation is 1. The van der Waals surface area contributed by atoms with Crippen LogP contribution in [0.5, 0.6) is 5.75 Å². The second kappa shape index (κ2) is 10.0. The Morgan fingerprint density at radius 3 is 2.44 bits per heavy atom. The summed E-state index contributed by atoms with van der Waals surface area (Å²) in [5.41, 5.74) is 1.42. The van der Waals surface area contributed by atoms with Crippen molar-refractivity contribution in [2.24, 2.45) is 0 Å². The van der Waals surface area contributed by atoms with Crippen molar-refractivity contribution in [1.29, 1.82) is 0 Å². The third kappa shape index (κ3) is 5.88. The van der Waals surface area contributed by atoms with Gasteiger partial charge in [-0.1, -0.05) is 17.7 Å². The van der Waals surface area contributed by atoms with Crippen LogP contribution in [0.3, 0.4) is 0 Å². The van der Waals surface area contributed by atoms with Crippen molar-refractivity contribution in [3.05, 3.63) is 77.7 Å². The van der Waals surface area contributed by atoms with Crippen LogP contribution in [0.4, 0.5) is 5.69 Å². The maximum atomic E-state index is 12.9. The zero-order chi connectivity index (χ0) is 23.1. The smallest absolute Gasteiger partial charge is 0.265 e. The fourth-order valence-electron chi connectivity index (χ4n) is 2.78. The van der Waals surface area contributed by atoms with Gasteiger partial charge in [0.1, 0.15) is 16.4 Å². The fourth-order valence-corrected chi connectivity index (χ4v) is 4.04. The molecule has 0 saturated heterocycles. The van der Waals surface area contributed by atoms with Crippen molar-refractivity contribution in [3.8, 4) is 5.75 Å². The molecule has 0 aliphatic rings. The molecule has 0 aliphatic carbocycles. The summed E-state index contributed by atoms with van der Waals surface area (Å²) in [7, 11) is -2.70. The van der Waals surface area contributed by atoms with Gasteiger partial charge < -0.3 is 19.8 Å². The van der Waals surface area contributed by atoms with Crippen LogP contribution in [0.1, 0.15) is 21.7 Å². The normalized spacial score (nSPS) is 10.9. The lowest BCUT2D eigenvalue weighted by Crippen LogP contribution is -2.36. The first kappa shape index (κ1) is 22.9. The Morgan fingerprint density at radius 1 is 1.03 bits per heavy atom. The van der Waals surface area contributed by atoms with Crippen LogP contribution in [-0.2, 0) is 21.4 Å². The van der Waals surface area contributed by atoms with E-state index in [2.05, 4.69) is 15.4 Å². The number of anilines is 1. The molecular weight excluding hydrogens is 434 g/mol. The molecule has 0 saturated carbocycles. The zero-order valence-corrected chi connectivity index (χ0v) is 18.4. The van der Waals surface area contributed by atoms with E-state index in [0.29, 0.717) is 11.4 Å². The summed E-state index contributed by atoms with van der Waals surface area (Å²) in [5.74, 6) is -0.363. The third-order valence-electron chi connectivity index (χ3n) is 4.47. The molecule has 3 N–H and O–H groups in total. The first-order valence-corrected chi connectivity index (χ1v) is 11.1. The quantitative estimate of drug-likeness (QED) is 0.453. The number of amides is 2. The van der Waals surface area contributed by atoms with Crippen molar-refractivity contribution in [1.82, 2.24) is 10.6 Å². The molecule has 0 spiro atoms. The highest BCUT2D eigenvalue weighted by Gasteiger charge is 2.22. The van der Waals surface area contributed by atoms with Gasteiger partial charge in [0, 0.05) is 11.3 Å². The van der Waals surface area contributed by atoms with Gasteiger partial charge in [0.05, 0.1) is 26.5 Å². The lowest BCUT2D eigenvalue weighted by Gasteiger charge is -2.13. The van der Waals surface area contributed by atoms with Crippen LogP contribution < -0.4 is 20.1 Å². The molecule has 168 valence electrons. The molecule has 1 heterocycles. The van der Waals surface area contributed by atoms with Crippen LogP contribution in [-0.4, -0.2) is 33.9 Å². The highest BCUT2D eigenvalue weighted by Crippen LogP contribution is 2.27. The molecule has 1 aromatic heterocycles. The minimum absolute atomic E-state index is 0.0638. The number of rotatable bonds is 9. The van der Waals surface area contributed by atoms with E-state index in [4.69, 9.17) is 9.15 Å². The van der Waals surface area contributed by atoms with E-state index < -0.39 is 21.8 Å². The van der Waals surface area contributed by atoms with E-state index in [1.807, 2.05) is 6.92 Å². The van der Waals surface area contributed by atoms with E-state index in [1.54, 1.807) is 36.4 Å². The topological polar surface area (TPSA) is 127 Å². The molecule has 0 bridgehead atoms. The van der Waals surface area contributed by atoms with E-state index >= 15 is 0 Å². The molecular formula is C22H23N3O6S. The summed E-state index contributed by atoms with van der Waals surface area (Å²) in [4.78, 5) is 24.2. The van der Waals surface area contributed by atoms with Crippen molar-refractivity contribution in [3.63, 3.8) is 0 Å². The standard InChI is InChI=1S/C22H23N3O6S/c1-15-5-8-17(9-6-15)25-32(28,29)20-12-16(7-10-19(20)30-2)22(27)24-14-21(26)23-13-18-4-3-11-31-18/h3-12,25H,13-14H2,1-2H3,(H,23,26)(H,24,27). The molecule has 9 nitrogen and oxygen atoms in total. The molecule has 0 unspecified atom stereocenters. The Bertz CT molecular complexity index is 1190. The van der Waals surface area contributed by atoms with Gasteiger partial charge in [-0.15, -0.1) is 0 Å². The maximum absolute atomic E-state index is 12.9. The zero-order valence-electron chi connectivity index (χ0n) is 17.5. The number of sulfonamides is 1. The summed E-state index contributed by atoms with van der Waals surface area (Å²) in [6, 6.07) is 14.2. The Labute approximate surface area is 185 Å². The van der Waals surface area contributed by atoms with E-state index in [1.165, 1.54) is 31.6 Å². The molecule has 0 atom stereocenters. The summed E-state index contributed by atoms with van der Waals surface area (Å²) in [6.07, 6.45) is 1.49. The Balaban J connectivity index is 1.69. The number of ether oxygens (including phenoxy) is 1. The van der Waals surface area contributed by atoms with E-state index in [-0.39, 0.29) is 29.3 Å². The van der Waals surface area contributed by atoms with E-state index in [0.717, 1.165) is 5.56 Å². The summed E-state index contributed by atoms with van der Waals surface area (Å²) < 4.78 is 38.6. The van der Waals surface area contributed by atoms with Gasteiger partial charge in [0.15, 0.2) is 0 Å². The predicted octanol–water partition coefficient (Wildman–Crippen LogP) is 2.44. The molecule has 3 rings (SSSR count). The second-order valence-corrected chi connectivity index (χ2v) is 8.53.